The van der Waals surface area contributed by atoms with Crippen LogP contribution in [-0.4, -0.2) is 34.1 Å². The van der Waals surface area contributed by atoms with Gasteiger partial charge in [0.15, 0.2) is 0 Å². The maximum absolute atomic E-state index is 8.01. The number of aromatic nitrogens is 1. The van der Waals surface area contributed by atoms with Crippen LogP contribution < -0.4 is 0 Å². The lowest BCUT2D eigenvalue weighted by Gasteiger charge is -2.30. The van der Waals surface area contributed by atoms with Gasteiger partial charge in [-0.2, -0.15) is 0 Å². The molecule has 1 aromatic heterocycles. The third kappa shape index (κ3) is 2.04. The Labute approximate surface area is 159 Å². The van der Waals surface area contributed by atoms with Crippen LogP contribution >= 0.6 is 0 Å². The summed E-state index contributed by atoms with van der Waals surface area (Å²) in [4.78, 5) is 9.44. The van der Waals surface area contributed by atoms with Gasteiger partial charge in [0.1, 0.15) is 0 Å². The van der Waals surface area contributed by atoms with E-state index in [1.54, 1.807) is 0 Å². The van der Waals surface area contributed by atoms with Gasteiger partial charge in [-0.15, -0.1) is 0 Å². The van der Waals surface area contributed by atoms with Crippen molar-refractivity contribution in [2.45, 2.75) is 25.9 Å². The van der Waals surface area contributed by atoms with Crippen molar-refractivity contribution in [1.29, 1.82) is 5.41 Å². The summed E-state index contributed by atoms with van der Waals surface area (Å²) >= 11 is 0. The minimum atomic E-state index is 0.276. The van der Waals surface area contributed by atoms with E-state index in [2.05, 4.69) is 43.0 Å². The normalized spacial score (nSPS) is 20.8. The zero-order valence-corrected chi connectivity index (χ0v) is 15.7. The lowest BCUT2D eigenvalue weighted by molar-refractivity contribution is 0.505. The Morgan fingerprint density at radius 1 is 1.30 bits per heavy atom. The molecule has 4 heteroatoms. The van der Waals surface area contributed by atoms with Crippen LogP contribution in [0.15, 0.2) is 66.0 Å². The summed E-state index contributed by atoms with van der Waals surface area (Å²) < 4.78 is 0. The van der Waals surface area contributed by atoms with Crippen molar-refractivity contribution in [2.24, 2.45) is 0 Å². The van der Waals surface area contributed by atoms with E-state index in [0.29, 0.717) is 0 Å². The average Bonchev–Trinajstić information content (AvgIpc) is 3.10. The summed E-state index contributed by atoms with van der Waals surface area (Å²) in [5.74, 6) is 0. The van der Waals surface area contributed by atoms with Gasteiger partial charge in [-0.25, -0.2) is 4.98 Å². The third-order valence-corrected chi connectivity index (χ3v) is 6.08. The first-order chi connectivity index (χ1) is 13.1. The SMILES string of the molecule is C=C1C(CC)=C(C2C(=C)N2C)C=C2c3nc4ccccc4c(C=N)c3CN12. The van der Waals surface area contributed by atoms with E-state index < -0.39 is 0 Å². The first kappa shape index (κ1) is 16.1. The molecule has 0 bridgehead atoms. The molecule has 2 aromatic rings. The molecule has 0 aliphatic carbocycles. The number of para-hydroxylation sites is 1. The van der Waals surface area contributed by atoms with Gasteiger partial charge < -0.3 is 15.2 Å². The number of pyridine rings is 1. The van der Waals surface area contributed by atoms with Crippen molar-refractivity contribution in [3.8, 4) is 0 Å². The summed E-state index contributed by atoms with van der Waals surface area (Å²) in [6, 6.07) is 8.35. The first-order valence-electron chi connectivity index (χ1n) is 9.32. The van der Waals surface area contributed by atoms with Crippen LogP contribution in [0.5, 0.6) is 0 Å². The predicted octanol–water partition coefficient (Wildman–Crippen LogP) is 4.45. The number of likely N-dealkylation sites (N-methyl/N-ethyl adjacent to an activating group) is 1. The number of rotatable bonds is 3. The molecule has 1 fully saturated rings. The van der Waals surface area contributed by atoms with Crippen LogP contribution in [-0.2, 0) is 6.54 Å². The van der Waals surface area contributed by atoms with E-state index >= 15 is 0 Å². The summed E-state index contributed by atoms with van der Waals surface area (Å²) in [5, 5.41) is 9.05. The fraction of sp³-hybridized carbons (Fsp3) is 0.217. The van der Waals surface area contributed by atoms with E-state index in [0.717, 1.165) is 57.8 Å². The number of hydrogen-bond acceptors (Lipinski definition) is 4. The van der Waals surface area contributed by atoms with E-state index in [4.69, 9.17) is 10.4 Å². The van der Waals surface area contributed by atoms with Crippen LogP contribution in [0.25, 0.3) is 16.6 Å². The first-order valence-corrected chi connectivity index (χ1v) is 9.32. The zero-order chi connectivity index (χ0) is 18.9. The van der Waals surface area contributed by atoms with E-state index in [9.17, 15) is 0 Å². The topological polar surface area (TPSA) is 43.0 Å². The summed E-state index contributed by atoms with van der Waals surface area (Å²) in [6.07, 6.45) is 4.68. The molecule has 4 nitrogen and oxygen atoms in total. The molecule has 1 saturated heterocycles. The van der Waals surface area contributed by atoms with Gasteiger partial charge in [0.25, 0.3) is 0 Å². The Balaban J connectivity index is 1.75. The molecular weight excluding hydrogens is 332 g/mol. The largest absolute Gasteiger partial charge is 0.364 e. The minimum absolute atomic E-state index is 0.276. The number of hydrogen-bond donors (Lipinski definition) is 1. The lowest BCUT2D eigenvalue weighted by Crippen LogP contribution is -2.22. The molecule has 1 unspecified atom stereocenters. The molecule has 0 saturated carbocycles. The average molecular weight is 354 g/mol. The summed E-state index contributed by atoms with van der Waals surface area (Å²) in [5.41, 5.74) is 9.89. The molecule has 3 aliphatic heterocycles. The van der Waals surface area contributed by atoms with Crippen molar-refractivity contribution in [1.82, 2.24) is 14.8 Å². The van der Waals surface area contributed by atoms with Gasteiger partial charge in [-0.05, 0) is 29.7 Å². The fourth-order valence-electron chi connectivity index (χ4n) is 4.52. The van der Waals surface area contributed by atoms with Gasteiger partial charge in [0, 0.05) is 41.2 Å². The molecule has 0 amide bonds. The van der Waals surface area contributed by atoms with Crippen LogP contribution in [0.1, 0.15) is 30.2 Å². The van der Waals surface area contributed by atoms with Crippen LogP contribution in [0.4, 0.5) is 0 Å². The maximum Gasteiger partial charge on any atom is 0.0935 e. The Morgan fingerprint density at radius 2 is 2.04 bits per heavy atom. The Kier molecular flexibility index (Phi) is 3.23. The molecule has 134 valence electrons. The number of fused-ring (bicyclic) bond motifs is 4. The molecule has 3 aliphatic rings. The van der Waals surface area contributed by atoms with Gasteiger partial charge >= 0.3 is 0 Å². The van der Waals surface area contributed by atoms with Crippen LogP contribution in [0.3, 0.4) is 0 Å². The van der Waals surface area contributed by atoms with Crippen molar-refractivity contribution in [2.75, 3.05) is 7.05 Å². The maximum atomic E-state index is 8.01. The molecule has 1 aromatic carbocycles. The second kappa shape index (κ2) is 5.43. The molecule has 0 radical (unpaired) electrons. The Morgan fingerprint density at radius 3 is 2.70 bits per heavy atom. The quantitative estimate of drug-likeness (QED) is 0.654. The van der Waals surface area contributed by atoms with Crippen molar-refractivity contribution in [3.63, 3.8) is 0 Å². The monoisotopic (exact) mass is 354 g/mol. The highest BCUT2D eigenvalue weighted by Crippen LogP contribution is 2.48. The number of nitrogens with one attached hydrogen (secondary N) is 1. The van der Waals surface area contributed by atoms with Crippen LogP contribution in [0.2, 0.25) is 0 Å². The number of nitrogens with zero attached hydrogens (tertiary/aromatic N) is 3. The highest BCUT2D eigenvalue weighted by atomic mass is 15.3. The second-order valence-corrected chi connectivity index (χ2v) is 7.37. The van der Waals surface area contributed by atoms with Crippen molar-refractivity contribution in [3.05, 3.63) is 82.9 Å². The Hall–Kier alpha value is -3.14. The fourth-order valence-corrected chi connectivity index (χ4v) is 4.52. The summed E-state index contributed by atoms with van der Waals surface area (Å²) in [7, 11) is 2.09. The minimum Gasteiger partial charge on any atom is -0.364 e. The zero-order valence-electron chi connectivity index (χ0n) is 15.7. The molecule has 1 N–H and O–H groups in total. The number of allylic oxidation sites excluding steroid dienone is 1. The van der Waals surface area contributed by atoms with E-state index in [1.165, 1.54) is 17.4 Å². The van der Waals surface area contributed by atoms with Gasteiger partial charge in [0.05, 0.1) is 29.5 Å². The molecule has 4 heterocycles. The van der Waals surface area contributed by atoms with Gasteiger partial charge in [-0.3, -0.25) is 0 Å². The standard InChI is InChI=1S/C23H22N4/c1-5-15-13(2)27-12-19-18(11-24)16-8-6-7-9-20(16)25-22(19)21(27)10-17(15)23-14(3)26(23)4/h6-11,23-24H,2-3,5,12H2,1,4H3. The van der Waals surface area contributed by atoms with E-state index in [1.807, 2.05) is 24.3 Å². The molecule has 27 heavy (non-hydrogen) atoms. The second-order valence-electron chi connectivity index (χ2n) is 7.37. The van der Waals surface area contributed by atoms with Crippen molar-refractivity contribution >= 4 is 22.8 Å². The molecular formula is C23H22N4. The number of benzene rings is 1. The Bertz CT molecular complexity index is 1120. The predicted molar refractivity (Wildman–Crippen MR) is 110 cm³/mol. The highest BCUT2D eigenvalue weighted by molar-refractivity contribution is 6.01. The molecule has 5 rings (SSSR count). The summed E-state index contributed by atoms with van der Waals surface area (Å²) in [6.45, 7) is 11.5. The molecule has 0 spiro atoms. The molecule has 1 atom stereocenters. The van der Waals surface area contributed by atoms with Crippen molar-refractivity contribution < 1.29 is 0 Å². The lowest BCUT2D eigenvalue weighted by atomic mass is 9.94. The van der Waals surface area contributed by atoms with Gasteiger partial charge in [0.2, 0.25) is 0 Å². The van der Waals surface area contributed by atoms with Crippen LogP contribution in [0, 0.1) is 5.41 Å². The van der Waals surface area contributed by atoms with E-state index in [-0.39, 0.29) is 6.04 Å². The van der Waals surface area contributed by atoms with Gasteiger partial charge in [-0.1, -0.05) is 38.3 Å². The third-order valence-electron chi connectivity index (χ3n) is 6.08. The highest BCUT2D eigenvalue weighted by Gasteiger charge is 2.43. The smallest absolute Gasteiger partial charge is 0.0935 e.